The molecule has 0 heterocycles. The molecule has 3 unspecified atom stereocenters. The smallest absolute Gasteiger partial charge is 0.223 e. The van der Waals surface area contributed by atoms with Crippen LogP contribution in [0, 0.1) is 23.7 Å². The predicted molar refractivity (Wildman–Crippen MR) is 108 cm³/mol. The van der Waals surface area contributed by atoms with Crippen molar-refractivity contribution in [2.75, 3.05) is 6.54 Å². The molecule has 0 spiro atoms. The number of carbonyl (C=O) groups is 1. The van der Waals surface area contributed by atoms with Gasteiger partial charge in [0.15, 0.2) is 0 Å². The van der Waals surface area contributed by atoms with Crippen LogP contribution in [0.25, 0.3) is 0 Å². The van der Waals surface area contributed by atoms with E-state index in [4.69, 9.17) is 0 Å². The van der Waals surface area contributed by atoms with Gasteiger partial charge < -0.3 is 5.32 Å². The Balaban J connectivity index is 1.47. The minimum Gasteiger partial charge on any atom is -0.356 e. The maximum Gasteiger partial charge on any atom is 0.223 e. The van der Waals surface area contributed by atoms with E-state index >= 15 is 0 Å². The maximum atomic E-state index is 12.4. The largest absolute Gasteiger partial charge is 0.356 e. The summed E-state index contributed by atoms with van der Waals surface area (Å²) >= 11 is 0. The second-order valence-electron chi connectivity index (χ2n) is 8.87. The molecule has 2 rings (SSSR count). The Hall–Kier alpha value is -0.530. The van der Waals surface area contributed by atoms with Gasteiger partial charge in [0.2, 0.25) is 5.91 Å². The first-order chi connectivity index (χ1) is 12.2. The molecule has 0 radical (unpaired) electrons. The number of unbranched alkanes of at least 4 members (excludes halogenated alkanes) is 3. The van der Waals surface area contributed by atoms with E-state index in [0.717, 1.165) is 37.1 Å². The predicted octanol–water partition coefficient (Wildman–Crippen LogP) is 6.49. The lowest BCUT2D eigenvalue weighted by atomic mass is 9.89. The first-order valence-corrected chi connectivity index (χ1v) is 11.5. The van der Waals surface area contributed by atoms with Crippen LogP contribution >= 0.6 is 0 Å². The summed E-state index contributed by atoms with van der Waals surface area (Å²) in [5.41, 5.74) is 0. The molecule has 2 fully saturated rings. The van der Waals surface area contributed by atoms with E-state index in [1.165, 1.54) is 83.5 Å². The van der Waals surface area contributed by atoms with Gasteiger partial charge in [0, 0.05) is 12.5 Å². The van der Waals surface area contributed by atoms with Gasteiger partial charge in [-0.2, -0.15) is 0 Å². The van der Waals surface area contributed by atoms with Crippen molar-refractivity contribution in [1.82, 2.24) is 5.32 Å². The molecule has 0 aromatic heterocycles. The van der Waals surface area contributed by atoms with Gasteiger partial charge in [-0.1, -0.05) is 84.5 Å². The quantitative estimate of drug-likeness (QED) is 0.401. The zero-order valence-electron chi connectivity index (χ0n) is 17.0. The summed E-state index contributed by atoms with van der Waals surface area (Å²) in [6.45, 7) is 5.53. The van der Waals surface area contributed by atoms with Crippen LogP contribution in [0.15, 0.2) is 0 Å². The zero-order chi connectivity index (χ0) is 17.9. The van der Waals surface area contributed by atoms with Crippen LogP contribution in [0.5, 0.6) is 0 Å². The fraction of sp³-hybridized carbons (Fsp3) is 0.957. The van der Waals surface area contributed by atoms with E-state index in [1.807, 2.05) is 0 Å². The first kappa shape index (κ1) is 20.8. The van der Waals surface area contributed by atoms with E-state index in [-0.39, 0.29) is 0 Å². The van der Waals surface area contributed by atoms with E-state index in [1.54, 1.807) is 0 Å². The van der Waals surface area contributed by atoms with Gasteiger partial charge in [-0.05, 0) is 43.4 Å². The molecule has 146 valence electrons. The lowest BCUT2D eigenvalue weighted by Crippen LogP contribution is -2.30. The Morgan fingerprint density at radius 2 is 1.68 bits per heavy atom. The Morgan fingerprint density at radius 1 is 0.920 bits per heavy atom. The highest BCUT2D eigenvalue weighted by Gasteiger charge is 2.35. The molecule has 2 aliphatic carbocycles. The lowest BCUT2D eigenvalue weighted by molar-refractivity contribution is -0.124. The average Bonchev–Trinajstić information content (AvgIpc) is 3.30. The van der Waals surface area contributed by atoms with Gasteiger partial charge in [-0.15, -0.1) is 0 Å². The molecule has 0 saturated heterocycles. The summed E-state index contributed by atoms with van der Waals surface area (Å²) < 4.78 is 0. The van der Waals surface area contributed by atoms with Gasteiger partial charge in [-0.3, -0.25) is 4.79 Å². The van der Waals surface area contributed by atoms with Crippen molar-refractivity contribution < 1.29 is 4.79 Å². The van der Waals surface area contributed by atoms with Crippen molar-refractivity contribution in [2.45, 2.75) is 110 Å². The summed E-state index contributed by atoms with van der Waals surface area (Å²) in [6, 6.07) is 0. The third-order valence-corrected chi connectivity index (χ3v) is 7.02. The van der Waals surface area contributed by atoms with Crippen LogP contribution in [0.3, 0.4) is 0 Å². The normalized spacial score (nSPS) is 25.4. The molecule has 2 nitrogen and oxygen atoms in total. The fourth-order valence-electron chi connectivity index (χ4n) is 5.34. The van der Waals surface area contributed by atoms with Crippen molar-refractivity contribution in [3.8, 4) is 0 Å². The molecule has 2 aliphatic rings. The van der Waals surface area contributed by atoms with Crippen LogP contribution in [0.2, 0.25) is 0 Å². The molecule has 0 aromatic carbocycles. The molecule has 25 heavy (non-hydrogen) atoms. The highest BCUT2D eigenvalue weighted by molar-refractivity contribution is 5.78. The highest BCUT2D eigenvalue weighted by Crippen LogP contribution is 2.42. The standard InChI is InChI=1S/C23H43NO/c1-3-11-19(4-2)12-7-5-6-10-17-24-23(25)22-16-15-21(18-22)20-13-8-9-14-20/h19-22H,3-18H2,1-2H3,(H,24,25). The molecular formula is C23H43NO. The van der Waals surface area contributed by atoms with Gasteiger partial charge in [-0.25, -0.2) is 0 Å². The Kier molecular flexibility index (Phi) is 9.94. The molecule has 1 amide bonds. The maximum absolute atomic E-state index is 12.4. The average molecular weight is 350 g/mol. The van der Waals surface area contributed by atoms with E-state index < -0.39 is 0 Å². The van der Waals surface area contributed by atoms with E-state index in [2.05, 4.69) is 19.2 Å². The minimum absolute atomic E-state index is 0.324. The second-order valence-corrected chi connectivity index (χ2v) is 8.87. The van der Waals surface area contributed by atoms with Crippen LogP contribution in [0.4, 0.5) is 0 Å². The number of hydrogen-bond acceptors (Lipinski definition) is 1. The van der Waals surface area contributed by atoms with Crippen LogP contribution in [-0.4, -0.2) is 12.5 Å². The molecule has 2 saturated carbocycles. The molecule has 1 N–H and O–H groups in total. The molecular weight excluding hydrogens is 306 g/mol. The van der Waals surface area contributed by atoms with Crippen molar-refractivity contribution in [3.63, 3.8) is 0 Å². The number of carbonyl (C=O) groups excluding carboxylic acids is 1. The summed E-state index contributed by atoms with van der Waals surface area (Å²) in [4.78, 5) is 12.4. The minimum atomic E-state index is 0.324. The Morgan fingerprint density at radius 3 is 2.40 bits per heavy atom. The number of nitrogens with one attached hydrogen (secondary N) is 1. The summed E-state index contributed by atoms with van der Waals surface area (Å²) in [5.74, 6) is 3.42. The zero-order valence-corrected chi connectivity index (χ0v) is 17.0. The van der Waals surface area contributed by atoms with Crippen molar-refractivity contribution in [3.05, 3.63) is 0 Å². The van der Waals surface area contributed by atoms with Crippen LogP contribution < -0.4 is 5.32 Å². The van der Waals surface area contributed by atoms with Gasteiger partial charge in [0.05, 0.1) is 0 Å². The van der Waals surface area contributed by atoms with Gasteiger partial charge >= 0.3 is 0 Å². The van der Waals surface area contributed by atoms with Crippen LogP contribution in [0.1, 0.15) is 110 Å². The Labute approximate surface area is 156 Å². The summed E-state index contributed by atoms with van der Waals surface area (Å²) in [7, 11) is 0. The number of amides is 1. The molecule has 0 aliphatic heterocycles. The van der Waals surface area contributed by atoms with Gasteiger partial charge in [0.25, 0.3) is 0 Å². The highest BCUT2D eigenvalue weighted by atomic mass is 16.1. The Bertz CT molecular complexity index is 361. The topological polar surface area (TPSA) is 29.1 Å². The molecule has 0 bridgehead atoms. The van der Waals surface area contributed by atoms with Crippen molar-refractivity contribution in [2.24, 2.45) is 23.7 Å². The molecule has 0 aromatic rings. The van der Waals surface area contributed by atoms with Gasteiger partial charge in [0.1, 0.15) is 0 Å². The summed E-state index contributed by atoms with van der Waals surface area (Å²) in [5, 5.41) is 3.23. The van der Waals surface area contributed by atoms with Crippen molar-refractivity contribution >= 4 is 5.91 Å². The summed E-state index contributed by atoms with van der Waals surface area (Å²) in [6.07, 6.45) is 19.9. The van der Waals surface area contributed by atoms with Crippen LogP contribution in [-0.2, 0) is 4.79 Å². The fourth-order valence-corrected chi connectivity index (χ4v) is 5.34. The number of rotatable bonds is 12. The third-order valence-electron chi connectivity index (χ3n) is 7.02. The van der Waals surface area contributed by atoms with E-state index in [9.17, 15) is 4.79 Å². The van der Waals surface area contributed by atoms with E-state index in [0.29, 0.717) is 11.8 Å². The SMILES string of the molecule is CCCC(CC)CCCCCCNC(=O)C1CCC(C2CCCC2)C1. The molecule has 2 heteroatoms. The molecule has 3 atom stereocenters. The first-order valence-electron chi connectivity index (χ1n) is 11.5. The monoisotopic (exact) mass is 349 g/mol. The second kappa shape index (κ2) is 12.0. The third kappa shape index (κ3) is 7.31. The lowest BCUT2D eigenvalue weighted by Gasteiger charge is -2.18. The van der Waals surface area contributed by atoms with Crippen molar-refractivity contribution in [1.29, 1.82) is 0 Å². The number of hydrogen-bond donors (Lipinski definition) is 1.